The number of benzene rings is 1. The number of halogens is 1. The number of piperidine rings is 1. The van der Waals surface area contributed by atoms with E-state index < -0.39 is 5.95 Å². The third-order valence-electron chi connectivity index (χ3n) is 3.23. The van der Waals surface area contributed by atoms with Crippen LogP contribution in [0.1, 0.15) is 12.8 Å². The number of aromatic nitrogens is 1. The van der Waals surface area contributed by atoms with Crippen LogP contribution in [0.5, 0.6) is 5.75 Å². The molecule has 0 spiro atoms. The Kier molecular flexibility index (Phi) is 3.11. The van der Waals surface area contributed by atoms with Crippen molar-refractivity contribution in [1.82, 2.24) is 10.3 Å². The maximum absolute atomic E-state index is 13.4. The number of nitrogens with zero attached hydrogens (tertiary/aromatic N) is 1. The summed E-state index contributed by atoms with van der Waals surface area (Å²) in [6, 6.07) is 8.86. The summed E-state index contributed by atoms with van der Waals surface area (Å²) in [6.07, 6.45) is 2.08. The largest absolute Gasteiger partial charge is 0.489 e. The van der Waals surface area contributed by atoms with Crippen molar-refractivity contribution in [2.75, 3.05) is 13.1 Å². The third-order valence-corrected chi connectivity index (χ3v) is 3.23. The highest BCUT2D eigenvalue weighted by Gasteiger charge is 2.16. The molecule has 0 atom stereocenters. The summed E-state index contributed by atoms with van der Waals surface area (Å²) in [4.78, 5) is 3.87. The molecule has 4 heteroatoms. The van der Waals surface area contributed by atoms with E-state index in [0.717, 1.165) is 31.3 Å². The van der Waals surface area contributed by atoms with Gasteiger partial charge >= 0.3 is 0 Å². The van der Waals surface area contributed by atoms with E-state index in [-0.39, 0.29) is 6.10 Å². The third kappa shape index (κ3) is 2.29. The number of hydrogen-bond acceptors (Lipinski definition) is 3. The highest BCUT2D eigenvalue weighted by molar-refractivity contribution is 5.84. The molecule has 0 amide bonds. The van der Waals surface area contributed by atoms with Crippen LogP contribution in [0.4, 0.5) is 4.39 Å². The van der Waals surface area contributed by atoms with Gasteiger partial charge in [-0.2, -0.15) is 4.39 Å². The van der Waals surface area contributed by atoms with E-state index in [4.69, 9.17) is 4.74 Å². The summed E-state index contributed by atoms with van der Waals surface area (Å²) in [6.45, 7) is 1.91. The van der Waals surface area contributed by atoms with Gasteiger partial charge in [0.25, 0.3) is 0 Å². The molecular weight excluding hydrogens is 231 g/mol. The molecule has 1 aliphatic rings. The Balaban J connectivity index is 1.94. The van der Waals surface area contributed by atoms with Crippen LogP contribution < -0.4 is 10.1 Å². The van der Waals surface area contributed by atoms with Crippen LogP contribution in [0.3, 0.4) is 0 Å². The molecule has 0 unspecified atom stereocenters. The summed E-state index contributed by atoms with van der Waals surface area (Å²) in [5, 5.41) is 4.16. The molecule has 1 N–H and O–H groups in total. The molecule has 1 fully saturated rings. The predicted molar refractivity (Wildman–Crippen MR) is 68.2 cm³/mol. The van der Waals surface area contributed by atoms with E-state index in [0.29, 0.717) is 11.3 Å². The maximum Gasteiger partial charge on any atom is 0.217 e. The lowest BCUT2D eigenvalue weighted by molar-refractivity contribution is 0.164. The fraction of sp³-hybridized carbons (Fsp3) is 0.357. The topological polar surface area (TPSA) is 34.1 Å². The van der Waals surface area contributed by atoms with Crippen LogP contribution >= 0.6 is 0 Å². The summed E-state index contributed by atoms with van der Waals surface area (Å²) in [5.41, 5.74) is 0.640. The smallest absolute Gasteiger partial charge is 0.217 e. The maximum atomic E-state index is 13.4. The van der Waals surface area contributed by atoms with Gasteiger partial charge in [0.15, 0.2) is 0 Å². The molecule has 0 radical (unpaired) electrons. The van der Waals surface area contributed by atoms with Gasteiger partial charge in [-0.1, -0.05) is 12.1 Å². The molecule has 1 saturated heterocycles. The first-order valence-corrected chi connectivity index (χ1v) is 6.25. The second kappa shape index (κ2) is 4.90. The van der Waals surface area contributed by atoms with E-state index in [1.807, 2.05) is 18.2 Å². The van der Waals surface area contributed by atoms with Crippen molar-refractivity contribution < 1.29 is 9.13 Å². The van der Waals surface area contributed by atoms with E-state index in [1.165, 1.54) is 6.07 Å². The fourth-order valence-corrected chi connectivity index (χ4v) is 2.30. The monoisotopic (exact) mass is 246 g/mol. The Hall–Kier alpha value is -1.68. The summed E-state index contributed by atoms with van der Waals surface area (Å²) < 4.78 is 19.4. The Morgan fingerprint density at radius 2 is 2.00 bits per heavy atom. The molecule has 0 aliphatic carbocycles. The van der Waals surface area contributed by atoms with Crippen LogP contribution in [0.15, 0.2) is 30.3 Å². The molecular formula is C14H15FN2O. The van der Waals surface area contributed by atoms with Crippen LogP contribution in [0.25, 0.3) is 10.9 Å². The number of para-hydroxylation sites is 1. The van der Waals surface area contributed by atoms with Crippen LogP contribution in [-0.2, 0) is 0 Å². The van der Waals surface area contributed by atoms with Crippen molar-refractivity contribution in [2.45, 2.75) is 18.9 Å². The van der Waals surface area contributed by atoms with Crippen molar-refractivity contribution in [3.8, 4) is 5.75 Å². The zero-order valence-corrected chi connectivity index (χ0v) is 10.0. The molecule has 1 aliphatic heterocycles. The van der Waals surface area contributed by atoms with E-state index in [2.05, 4.69) is 10.3 Å². The van der Waals surface area contributed by atoms with Crippen molar-refractivity contribution >= 4 is 10.9 Å². The highest BCUT2D eigenvalue weighted by atomic mass is 19.1. The van der Waals surface area contributed by atoms with Gasteiger partial charge in [-0.15, -0.1) is 0 Å². The van der Waals surface area contributed by atoms with Crippen LogP contribution in [0.2, 0.25) is 0 Å². The Labute approximate surface area is 105 Å². The molecule has 1 aromatic carbocycles. The van der Waals surface area contributed by atoms with Crippen molar-refractivity contribution in [3.05, 3.63) is 36.3 Å². The lowest BCUT2D eigenvalue weighted by atomic mass is 10.1. The minimum atomic E-state index is -0.488. The van der Waals surface area contributed by atoms with Crippen LogP contribution in [-0.4, -0.2) is 24.2 Å². The second-order valence-electron chi connectivity index (χ2n) is 4.53. The summed E-state index contributed by atoms with van der Waals surface area (Å²) in [7, 11) is 0. The fourth-order valence-electron chi connectivity index (χ4n) is 2.30. The summed E-state index contributed by atoms with van der Waals surface area (Å²) in [5.74, 6) is 0.114. The van der Waals surface area contributed by atoms with Crippen molar-refractivity contribution in [2.24, 2.45) is 0 Å². The van der Waals surface area contributed by atoms with E-state index in [1.54, 1.807) is 6.07 Å². The average molecular weight is 246 g/mol. The Morgan fingerprint density at radius 3 is 2.83 bits per heavy atom. The zero-order valence-electron chi connectivity index (χ0n) is 10.0. The van der Waals surface area contributed by atoms with Crippen molar-refractivity contribution in [3.63, 3.8) is 0 Å². The standard InChI is InChI=1S/C14H15FN2O/c15-14-9-13(18-10-5-7-16-8-6-10)11-3-1-2-4-12(11)17-14/h1-4,9-10,16H,5-8H2. The molecule has 2 heterocycles. The van der Waals surface area contributed by atoms with E-state index in [9.17, 15) is 4.39 Å². The highest BCUT2D eigenvalue weighted by Crippen LogP contribution is 2.27. The molecule has 1 aromatic heterocycles. The van der Waals surface area contributed by atoms with Gasteiger partial charge < -0.3 is 10.1 Å². The first kappa shape index (κ1) is 11.4. The molecule has 18 heavy (non-hydrogen) atoms. The number of ether oxygens (including phenoxy) is 1. The predicted octanol–water partition coefficient (Wildman–Crippen LogP) is 2.50. The Morgan fingerprint density at radius 1 is 1.22 bits per heavy atom. The quantitative estimate of drug-likeness (QED) is 0.827. The van der Waals surface area contributed by atoms with Gasteiger partial charge in [0, 0.05) is 11.5 Å². The zero-order chi connectivity index (χ0) is 12.4. The molecule has 3 nitrogen and oxygen atoms in total. The molecule has 94 valence electrons. The Bertz CT molecular complexity index is 552. The molecule has 3 rings (SSSR count). The molecule has 0 bridgehead atoms. The second-order valence-corrected chi connectivity index (χ2v) is 4.53. The van der Waals surface area contributed by atoms with Gasteiger partial charge in [0.1, 0.15) is 11.9 Å². The SMILES string of the molecule is Fc1cc(OC2CCNCC2)c2ccccc2n1. The summed E-state index contributed by atoms with van der Waals surface area (Å²) >= 11 is 0. The normalized spacial score (nSPS) is 16.9. The number of fused-ring (bicyclic) bond motifs is 1. The lowest BCUT2D eigenvalue weighted by Crippen LogP contribution is -2.34. The first-order valence-electron chi connectivity index (χ1n) is 6.25. The number of rotatable bonds is 2. The lowest BCUT2D eigenvalue weighted by Gasteiger charge is -2.24. The number of hydrogen-bond donors (Lipinski definition) is 1. The average Bonchev–Trinajstić information content (AvgIpc) is 2.40. The van der Waals surface area contributed by atoms with Gasteiger partial charge in [0.05, 0.1) is 5.52 Å². The minimum Gasteiger partial charge on any atom is -0.489 e. The minimum absolute atomic E-state index is 0.163. The van der Waals surface area contributed by atoms with Gasteiger partial charge in [-0.3, -0.25) is 0 Å². The van der Waals surface area contributed by atoms with Gasteiger partial charge in [-0.25, -0.2) is 4.98 Å². The van der Waals surface area contributed by atoms with Gasteiger partial charge in [0.2, 0.25) is 5.95 Å². The first-order chi connectivity index (χ1) is 8.83. The number of pyridine rings is 1. The van der Waals surface area contributed by atoms with Crippen molar-refractivity contribution in [1.29, 1.82) is 0 Å². The van der Waals surface area contributed by atoms with Crippen LogP contribution in [0, 0.1) is 5.95 Å². The molecule has 2 aromatic rings. The molecule has 0 saturated carbocycles. The van der Waals surface area contributed by atoms with E-state index >= 15 is 0 Å². The van der Waals surface area contributed by atoms with Gasteiger partial charge in [-0.05, 0) is 38.1 Å². The number of nitrogens with one attached hydrogen (secondary N) is 1.